The van der Waals surface area contributed by atoms with Crippen molar-refractivity contribution in [2.45, 2.75) is 45.6 Å². The molecule has 0 spiro atoms. The van der Waals surface area contributed by atoms with Gasteiger partial charge >= 0.3 is 5.97 Å². The van der Waals surface area contributed by atoms with Crippen molar-refractivity contribution < 1.29 is 14.3 Å². The summed E-state index contributed by atoms with van der Waals surface area (Å²) >= 11 is 7.34. The minimum Gasteiger partial charge on any atom is -0.462 e. The van der Waals surface area contributed by atoms with Gasteiger partial charge in [0.15, 0.2) is 0 Å². The summed E-state index contributed by atoms with van der Waals surface area (Å²) in [6.45, 7) is 3.81. The zero-order valence-electron chi connectivity index (χ0n) is 14.2. The van der Waals surface area contributed by atoms with Gasteiger partial charge in [-0.05, 0) is 45.1 Å². The summed E-state index contributed by atoms with van der Waals surface area (Å²) < 4.78 is 6.70. The summed E-state index contributed by atoms with van der Waals surface area (Å²) in [4.78, 5) is 26.2. The second kappa shape index (κ2) is 7.58. The number of carbonyl (C=O) groups is 2. The van der Waals surface area contributed by atoms with Gasteiger partial charge in [-0.25, -0.2) is 4.79 Å². The average Bonchev–Trinajstić information content (AvgIpc) is 3.17. The molecule has 25 heavy (non-hydrogen) atoms. The maximum Gasteiger partial charge on any atom is 0.341 e. The fourth-order valence-electron chi connectivity index (χ4n) is 2.94. The smallest absolute Gasteiger partial charge is 0.341 e. The van der Waals surface area contributed by atoms with Crippen LogP contribution >= 0.6 is 22.9 Å². The van der Waals surface area contributed by atoms with Gasteiger partial charge in [-0.1, -0.05) is 11.6 Å². The van der Waals surface area contributed by atoms with Gasteiger partial charge in [0.1, 0.15) is 11.0 Å². The number of esters is 1. The number of halogens is 1. The molecule has 0 aliphatic heterocycles. The Morgan fingerprint density at radius 3 is 2.88 bits per heavy atom. The normalized spacial score (nSPS) is 14.7. The third kappa shape index (κ3) is 3.72. The molecule has 0 bridgehead atoms. The van der Waals surface area contributed by atoms with E-state index in [4.69, 9.17) is 16.3 Å². The molecule has 3 rings (SSSR count). The second-order valence-corrected chi connectivity index (χ2v) is 7.48. The number of anilines is 1. The van der Waals surface area contributed by atoms with Crippen molar-refractivity contribution in [3.8, 4) is 0 Å². The molecule has 1 N–H and O–H groups in total. The zero-order valence-corrected chi connectivity index (χ0v) is 15.7. The van der Waals surface area contributed by atoms with Crippen LogP contribution < -0.4 is 5.32 Å². The van der Waals surface area contributed by atoms with Crippen LogP contribution in [0.25, 0.3) is 0 Å². The van der Waals surface area contributed by atoms with Gasteiger partial charge in [0, 0.05) is 11.1 Å². The number of hydrogen-bond donors (Lipinski definition) is 1. The van der Waals surface area contributed by atoms with Crippen LogP contribution in [0.3, 0.4) is 0 Å². The predicted octanol–water partition coefficient (Wildman–Crippen LogP) is 3.85. The van der Waals surface area contributed by atoms with Crippen molar-refractivity contribution in [2.24, 2.45) is 0 Å². The molecular formula is C17H20ClN3O3S. The molecule has 8 heteroatoms. The first-order chi connectivity index (χ1) is 12.0. The Labute approximate surface area is 155 Å². The van der Waals surface area contributed by atoms with Crippen LogP contribution in [0.5, 0.6) is 0 Å². The number of aryl methyl sites for hydroxylation is 1. The molecule has 6 nitrogen and oxygen atoms in total. The molecule has 1 unspecified atom stereocenters. The lowest BCUT2D eigenvalue weighted by Gasteiger charge is -2.14. The summed E-state index contributed by atoms with van der Waals surface area (Å²) in [5.41, 5.74) is 1.54. The molecule has 0 aromatic carbocycles. The van der Waals surface area contributed by atoms with Crippen molar-refractivity contribution in [1.29, 1.82) is 0 Å². The third-order valence-electron chi connectivity index (χ3n) is 4.23. The Kier molecular flexibility index (Phi) is 5.44. The molecule has 0 radical (unpaired) electrons. The van der Waals surface area contributed by atoms with Gasteiger partial charge < -0.3 is 10.1 Å². The fraction of sp³-hybridized carbons (Fsp3) is 0.471. The minimum atomic E-state index is -0.540. The highest BCUT2D eigenvalue weighted by molar-refractivity contribution is 7.17. The first-order valence-corrected chi connectivity index (χ1v) is 9.52. The number of nitrogens with zero attached hydrogens (tertiary/aromatic N) is 2. The van der Waals surface area contributed by atoms with E-state index in [9.17, 15) is 9.59 Å². The third-order valence-corrected chi connectivity index (χ3v) is 5.64. The molecule has 1 aliphatic rings. The van der Waals surface area contributed by atoms with Gasteiger partial charge in [-0.3, -0.25) is 9.48 Å². The average molecular weight is 382 g/mol. The second-order valence-electron chi connectivity index (χ2n) is 5.94. The topological polar surface area (TPSA) is 73.2 Å². The molecule has 1 atom stereocenters. The number of ether oxygens (including phenoxy) is 1. The van der Waals surface area contributed by atoms with Crippen LogP contribution in [0.15, 0.2) is 12.4 Å². The van der Waals surface area contributed by atoms with Crippen LogP contribution in [0.2, 0.25) is 5.02 Å². The molecule has 1 aliphatic carbocycles. The van der Waals surface area contributed by atoms with E-state index in [2.05, 4.69) is 10.4 Å². The quantitative estimate of drug-likeness (QED) is 0.798. The Morgan fingerprint density at radius 2 is 2.20 bits per heavy atom. The predicted molar refractivity (Wildman–Crippen MR) is 97.5 cm³/mol. The van der Waals surface area contributed by atoms with Gasteiger partial charge in [0.25, 0.3) is 0 Å². The maximum absolute atomic E-state index is 12.6. The SMILES string of the molecule is CCOC(=O)c1c(NC(=O)C(C)n2cc(Cl)cn2)sc2c1CCCC2. The minimum absolute atomic E-state index is 0.246. The largest absolute Gasteiger partial charge is 0.462 e. The van der Waals surface area contributed by atoms with E-state index in [-0.39, 0.29) is 11.9 Å². The van der Waals surface area contributed by atoms with E-state index in [1.54, 1.807) is 20.0 Å². The lowest BCUT2D eigenvalue weighted by atomic mass is 9.95. The Bertz CT molecular complexity index is 799. The van der Waals surface area contributed by atoms with Crippen LogP contribution in [0.1, 0.15) is 53.5 Å². The number of rotatable bonds is 5. The van der Waals surface area contributed by atoms with Crippen molar-refractivity contribution >= 4 is 39.8 Å². The number of thiophene rings is 1. The Morgan fingerprint density at radius 1 is 1.44 bits per heavy atom. The lowest BCUT2D eigenvalue weighted by molar-refractivity contribution is -0.119. The fourth-order valence-corrected chi connectivity index (χ4v) is 4.36. The highest BCUT2D eigenvalue weighted by Gasteiger charge is 2.28. The van der Waals surface area contributed by atoms with E-state index in [1.807, 2.05) is 0 Å². The Balaban J connectivity index is 1.87. The monoisotopic (exact) mass is 381 g/mol. The molecule has 134 valence electrons. The number of fused-ring (bicyclic) bond motifs is 1. The number of hydrogen-bond acceptors (Lipinski definition) is 5. The van der Waals surface area contributed by atoms with Crippen molar-refractivity contribution in [1.82, 2.24) is 9.78 Å². The summed E-state index contributed by atoms with van der Waals surface area (Å²) in [7, 11) is 0. The molecule has 0 saturated heterocycles. The van der Waals surface area contributed by atoms with Crippen molar-refractivity contribution in [3.63, 3.8) is 0 Å². The van der Waals surface area contributed by atoms with Gasteiger partial charge in [-0.15, -0.1) is 11.3 Å². The van der Waals surface area contributed by atoms with Gasteiger partial charge in [0.05, 0.1) is 23.4 Å². The molecule has 2 aromatic rings. The molecule has 0 saturated carbocycles. The van der Waals surface area contributed by atoms with E-state index >= 15 is 0 Å². The standard InChI is InChI=1S/C17H20ClN3O3S/c1-3-24-17(23)14-12-6-4-5-7-13(12)25-16(14)20-15(22)10(2)21-9-11(18)8-19-21/h8-10H,3-7H2,1-2H3,(H,20,22). The van der Waals surface area contributed by atoms with Crippen LogP contribution in [0, 0.1) is 0 Å². The zero-order chi connectivity index (χ0) is 18.0. The lowest BCUT2D eigenvalue weighted by Crippen LogP contribution is -2.24. The Hall–Kier alpha value is -1.86. The van der Waals surface area contributed by atoms with E-state index in [0.717, 1.165) is 31.2 Å². The number of carbonyl (C=O) groups excluding carboxylic acids is 2. The summed E-state index contributed by atoms with van der Waals surface area (Å²) in [5, 5.41) is 8.00. The summed E-state index contributed by atoms with van der Waals surface area (Å²) in [5.74, 6) is -0.615. The van der Waals surface area contributed by atoms with Gasteiger partial charge in [0.2, 0.25) is 5.91 Å². The van der Waals surface area contributed by atoms with Crippen LogP contribution in [-0.4, -0.2) is 28.3 Å². The van der Waals surface area contributed by atoms with E-state index in [1.165, 1.54) is 27.1 Å². The van der Waals surface area contributed by atoms with Crippen LogP contribution in [0.4, 0.5) is 5.00 Å². The van der Waals surface area contributed by atoms with Crippen molar-refractivity contribution in [2.75, 3.05) is 11.9 Å². The first-order valence-electron chi connectivity index (χ1n) is 8.33. The van der Waals surface area contributed by atoms with Crippen LogP contribution in [-0.2, 0) is 22.4 Å². The number of aromatic nitrogens is 2. The van der Waals surface area contributed by atoms with E-state index in [0.29, 0.717) is 22.2 Å². The first kappa shape index (κ1) is 17.9. The molecule has 2 heterocycles. The molecular weight excluding hydrogens is 362 g/mol. The molecule has 2 aromatic heterocycles. The summed E-state index contributed by atoms with van der Waals surface area (Å²) in [6, 6.07) is -0.540. The highest BCUT2D eigenvalue weighted by Crippen LogP contribution is 2.38. The maximum atomic E-state index is 12.6. The number of nitrogens with one attached hydrogen (secondary N) is 1. The highest BCUT2D eigenvalue weighted by atomic mass is 35.5. The number of amides is 1. The van der Waals surface area contributed by atoms with E-state index < -0.39 is 6.04 Å². The molecule has 0 fully saturated rings. The van der Waals surface area contributed by atoms with Crippen molar-refractivity contribution in [3.05, 3.63) is 33.4 Å². The molecule has 1 amide bonds. The van der Waals surface area contributed by atoms with Gasteiger partial charge in [-0.2, -0.15) is 5.10 Å². The summed E-state index contributed by atoms with van der Waals surface area (Å²) in [6.07, 6.45) is 7.01.